The van der Waals surface area contributed by atoms with Crippen LogP contribution in [0, 0.1) is 11.8 Å². The molecule has 2 aliphatic rings. The molecule has 0 spiro atoms. The van der Waals surface area contributed by atoms with Gasteiger partial charge in [-0.2, -0.15) is 0 Å². The molecular formula is C20H20O7. The Hall–Kier alpha value is -2.93. The van der Waals surface area contributed by atoms with Crippen LogP contribution in [-0.4, -0.2) is 37.0 Å². The zero-order valence-electron chi connectivity index (χ0n) is 14.9. The molecule has 4 rings (SSSR count). The third-order valence-corrected chi connectivity index (χ3v) is 5.22. The van der Waals surface area contributed by atoms with Crippen molar-refractivity contribution in [1.82, 2.24) is 0 Å². The van der Waals surface area contributed by atoms with Gasteiger partial charge in [0.2, 0.25) is 0 Å². The van der Waals surface area contributed by atoms with Gasteiger partial charge in [-0.05, 0) is 35.4 Å². The van der Waals surface area contributed by atoms with E-state index in [1.807, 2.05) is 0 Å². The monoisotopic (exact) mass is 372 g/mol. The first kappa shape index (κ1) is 17.5. The molecule has 0 saturated carbocycles. The quantitative estimate of drug-likeness (QED) is 0.797. The van der Waals surface area contributed by atoms with Crippen LogP contribution in [0.1, 0.15) is 23.3 Å². The van der Waals surface area contributed by atoms with Gasteiger partial charge in [-0.3, -0.25) is 4.79 Å². The predicted molar refractivity (Wildman–Crippen MR) is 93.8 cm³/mol. The van der Waals surface area contributed by atoms with Crippen molar-refractivity contribution < 1.29 is 34.0 Å². The van der Waals surface area contributed by atoms with Gasteiger partial charge in [0.15, 0.2) is 23.0 Å². The largest absolute Gasteiger partial charge is 0.504 e. The summed E-state index contributed by atoms with van der Waals surface area (Å²) in [6, 6.07) is 9.82. The number of cyclic esters (lactones) is 1. The first-order chi connectivity index (χ1) is 13.0. The Morgan fingerprint density at radius 1 is 0.926 bits per heavy atom. The molecule has 2 N–H and O–H groups in total. The van der Waals surface area contributed by atoms with E-state index in [2.05, 4.69) is 0 Å². The first-order valence-electron chi connectivity index (χ1n) is 8.59. The predicted octanol–water partition coefficient (Wildman–Crippen LogP) is 2.72. The highest BCUT2D eigenvalue weighted by molar-refractivity contribution is 5.77. The third-order valence-electron chi connectivity index (χ3n) is 5.22. The van der Waals surface area contributed by atoms with Gasteiger partial charge in [-0.25, -0.2) is 0 Å². The van der Waals surface area contributed by atoms with Crippen molar-refractivity contribution in [1.29, 1.82) is 0 Å². The molecule has 0 aliphatic carbocycles. The SMILES string of the molecule is COc1cc([C@@H]2OC(=O)[C@@H]3[C@H]2CO[C@H]3c2ccc(O)c(OC)c2)ccc1O. The zero-order valence-corrected chi connectivity index (χ0v) is 14.9. The molecule has 0 amide bonds. The lowest BCUT2D eigenvalue weighted by molar-refractivity contribution is -0.148. The number of phenolic OH excluding ortho intramolecular Hbond substituents is 2. The standard InChI is InChI=1S/C20H20O7/c1-24-15-7-10(3-5-13(15)21)18-12-9-26-19(17(12)20(23)27-18)11-4-6-14(22)16(8-11)25-2/h3-8,12,17-19,21-22H,9H2,1-2H3/t12-,17-,18+,19+/m1/s1. The minimum Gasteiger partial charge on any atom is -0.504 e. The smallest absolute Gasteiger partial charge is 0.313 e. The minimum atomic E-state index is -0.471. The van der Waals surface area contributed by atoms with Crippen LogP contribution < -0.4 is 9.47 Å². The number of benzene rings is 2. The van der Waals surface area contributed by atoms with Crippen molar-refractivity contribution in [2.45, 2.75) is 12.2 Å². The van der Waals surface area contributed by atoms with Crippen molar-refractivity contribution in [3.63, 3.8) is 0 Å². The van der Waals surface area contributed by atoms with Crippen molar-refractivity contribution >= 4 is 5.97 Å². The second kappa shape index (κ2) is 6.66. The molecule has 0 bridgehead atoms. The van der Waals surface area contributed by atoms with Crippen LogP contribution in [-0.2, 0) is 14.3 Å². The summed E-state index contributed by atoms with van der Waals surface area (Å²) in [6.07, 6.45) is -0.943. The van der Waals surface area contributed by atoms with Crippen molar-refractivity contribution in [2.75, 3.05) is 20.8 Å². The van der Waals surface area contributed by atoms with Crippen LogP contribution in [0.4, 0.5) is 0 Å². The third kappa shape index (κ3) is 2.84. The second-order valence-electron chi connectivity index (χ2n) is 6.66. The van der Waals surface area contributed by atoms with Gasteiger partial charge in [0.05, 0.1) is 32.8 Å². The van der Waals surface area contributed by atoms with E-state index in [0.29, 0.717) is 18.1 Å². The van der Waals surface area contributed by atoms with E-state index >= 15 is 0 Å². The molecule has 2 fully saturated rings. The second-order valence-corrected chi connectivity index (χ2v) is 6.66. The highest BCUT2D eigenvalue weighted by atomic mass is 16.6. The number of carbonyl (C=O) groups is 1. The molecular weight excluding hydrogens is 352 g/mol. The molecule has 7 heteroatoms. The molecule has 2 saturated heterocycles. The Bertz CT molecular complexity index is 827. The highest BCUT2D eigenvalue weighted by Gasteiger charge is 2.54. The molecule has 0 radical (unpaired) electrons. The number of esters is 1. The normalized spacial score (nSPS) is 26.5. The van der Waals surface area contributed by atoms with Crippen molar-refractivity contribution in [3.8, 4) is 23.0 Å². The van der Waals surface area contributed by atoms with Crippen LogP contribution in [0.5, 0.6) is 23.0 Å². The van der Waals surface area contributed by atoms with E-state index in [0.717, 1.165) is 11.1 Å². The van der Waals surface area contributed by atoms with Crippen LogP contribution in [0.2, 0.25) is 0 Å². The number of phenols is 2. The van der Waals surface area contributed by atoms with Crippen LogP contribution in [0.15, 0.2) is 36.4 Å². The fraction of sp³-hybridized carbons (Fsp3) is 0.350. The van der Waals surface area contributed by atoms with Crippen molar-refractivity contribution in [3.05, 3.63) is 47.5 Å². The molecule has 2 aromatic carbocycles. The lowest BCUT2D eigenvalue weighted by Crippen LogP contribution is -2.17. The van der Waals surface area contributed by atoms with Gasteiger partial charge in [-0.1, -0.05) is 12.1 Å². The number of fused-ring (bicyclic) bond motifs is 1. The summed E-state index contributed by atoms with van der Waals surface area (Å²) < 4.78 is 21.9. The van der Waals surface area contributed by atoms with E-state index < -0.39 is 18.1 Å². The molecule has 7 nitrogen and oxygen atoms in total. The topological polar surface area (TPSA) is 94.5 Å². The van der Waals surface area contributed by atoms with Gasteiger partial charge >= 0.3 is 5.97 Å². The van der Waals surface area contributed by atoms with Gasteiger partial charge < -0.3 is 29.2 Å². The van der Waals surface area contributed by atoms with E-state index in [1.54, 1.807) is 24.3 Å². The number of aromatic hydroxyl groups is 2. The van der Waals surface area contributed by atoms with Crippen LogP contribution in [0.25, 0.3) is 0 Å². The number of rotatable bonds is 4. The molecule has 2 aliphatic heterocycles. The van der Waals surface area contributed by atoms with Gasteiger partial charge in [0.1, 0.15) is 6.10 Å². The van der Waals surface area contributed by atoms with E-state index in [-0.39, 0.29) is 23.4 Å². The Morgan fingerprint density at radius 2 is 1.48 bits per heavy atom. The maximum atomic E-state index is 12.6. The Labute approximate surface area is 156 Å². The number of methoxy groups -OCH3 is 2. The van der Waals surface area contributed by atoms with Crippen LogP contribution >= 0.6 is 0 Å². The molecule has 142 valence electrons. The Kier molecular flexibility index (Phi) is 4.31. The molecule has 2 aromatic rings. The van der Waals surface area contributed by atoms with Crippen molar-refractivity contribution in [2.24, 2.45) is 11.8 Å². The average Bonchev–Trinajstić information content (AvgIpc) is 3.24. The molecule has 2 heterocycles. The number of hydrogen-bond donors (Lipinski definition) is 2. The van der Waals surface area contributed by atoms with Gasteiger partial charge in [0, 0.05) is 5.92 Å². The zero-order chi connectivity index (χ0) is 19.1. The van der Waals surface area contributed by atoms with E-state index in [1.165, 1.54) is 26.4 Å². The number of ether oxygens (including phenoxy) is 4. The average molecular weight is 372 g/mol. The van der Waals surface area contributed by atoms with E-state index in [9.17, 15) is 15.0 Å². The summed E-state index contributed by atoms with van der Waals surface area (Å²) in [5, 5.41) is 19.6. The highest BCUT2D eigenvalue weighted by Crippen LogP contribution is 2.52. The first-order valence-corrected chi connectivity index (χ1v) is 8.59. The Balaban J connectivity index is 1.64. The fourth-order valence-corrected chi connectivity index (χ4v) is 3.87. The fourth-order valence-electron chi connectivity index (χ4n) is 3.87. The number of carbonyl (C=O) groups excluding carboxylic acids is 1. The summed E-state index contributed by atoms with van der Waals surface area (Å²) in [4.78, 5) is 12.6. The maximum Gasteiger partial charge on any atom is 0.313 e. The summed E-state index contributed by atoms with van der Waals surface area (Å²) in [7, 11) is 2.93. The lowest BCUT2D eigenvalue weighted by Gasteiger charge is -2.16. The molecule has 27 heavy (non-hydrogen) atoms. The maximum absolute atomic E-state index is 12.6. The number of hydrogen-bond acceptors (Lipinski definition) is 7. The Morgan fingerprint density at radius 3 is 2.04 bits per heavy atom. The summed E-state index contributed by atoms with van der Waals surface area (Å²) >= 11 is 0. The van der Waals surface area contributed by atoms with E-state index in [4.69, 9.17) is 18.9 Å². The summed E-state index contributed by atoms with van der Waals surface area (Å²) in [5.41, 5.74) is 1.50. The molecule has 0 aromatic heterocycles. The lowest BCUT2D eigenvalue weighted by atomic mass is 9.84. The summed E-state index contributed by atoms with van der Waals surface area (Å²) in [5.74, 6) is -0.235. The van der Waals surface area contributed by atoms with Gasteiger partial charge in [0.25, 0.3) is 0 Å². The summed E-state index contributed by atoms with van der Waals surface area (Å²) in [6.45, 7) is 0.359. The minimum absolute atomic E-state index is 0.0267. The van der Waals surface area contributed by atoms with Crippen LogP contribution in [0.3, 0.4) is 0 Å². The van der Waals surface area contributed by atoms with Gasteiger partial charge in [-0.15, -0.1) is 0 Å². The molecule has 0 unspecified atom stereocenters. The molecule has 4 atom stereocenters.